The monoisotopic (exact) mass is 298 g/mol. The first-order valence-corrected chi connectivity index (χ1v) is 6.86. The Kier molecular flexibility index (Phi) is 4.11. The maximum absolute atomic E-state index is 11.9. The highest BCUT2D eigenvalue weighted by Crippen LogP contribution is 2.36. The second-order valence-corrected chi connectivity index (χ2v) is 5.78. The number of carbonyl (C=O) groups is 1. The second-order valence-electron chi connectivity index (χ2n) is 5.37. The number of rotatable bonds is 2. The van der Waals surface area contributed by atoms with Gasteiger partial charge in [-0.2, -0.15) is 0 Å². The van der Waals surface area contributed by atoms with E-state index in [2.05, 4.69) is 0 Å². The predicted molar refractivity (Wildman–Crippen MR) is 79.3 cm³/mol. The van der Waals surface area contributed by atoms with Crippen LogP contribution >= 0.6 is 11.6 Å². The fourth-order valence-electron chi connectivity index (χ4n) is 2.42. The molecule has 1 aromatic rings. The fourth-order valence-corrected chi connectivity index (χ4v) is 2.77. The number of carbonyl (C=O) groups excluding carboxylic acids is 1. The van der Waals surface area contributed by atoms with Gasteiger partial charge in [-0.25, -0.2) is 4.79 Å². The molecule has 0 radical (unpaired) electrons. The number of esters is 1. The van der Waals surface area contributed by atoms with E-state index in [1.54, 1.807) is 12.1 Å². The number of halogens is 1. The molecule has 6 heteroatoms. The summed E-state index contributed by atoms with van der Waals surface area (Å²) in [5.74, 6) is -0.466. The fraction of sp³-hybridized carbons (Fsp3) is 0.500. The Morgan fingerprint density at radius 2 is 2.05 bits per heavy atom. The van der Waals surface area contributed by atoms with Crippen LogP contribution in [0.2, 0.25) is 5.02 Å². The lowest BCUT2D eigenvalue weighted by Crippen LogP contribution is -2.43. The maximum atomic E-state index is 11.9. The number of benzene rings is 1. The number of nitrogens with zero attached hydrogens (tertiary/aromatic N) is 1. The van der Waals surface area contributed by atoms with Crippen molar-refractivity contribution in [3.05, 3.63) is 22.7 Å². The molecule has 0 aliphatic carbocycles. The van der Waals surface area contributed by atoms with Gasteiger partial charge in [0.25, 0.3) is 0 Å². The van der Waals surface area contributed by atoms with Gasteiger partial charge in [0, 0.05) is 18.8 Å². The van der Waals surface area contributed by atoms with Crippen LogP contribution in [0.25, 0.3) is 0 Å². The summed E-state index contributed by atoms with van der Waals surface area (Å²) < 4.78 is 4.79. The van der Waals surface area contributed by atoms with Crippen molar-refractivity contribution in [2.75, 3.05) is 30.8 Å². The highest BCUT2D eigenvalue weighted by Gasteiger charge is 2.30. The normalized spacial score (nSPS) is 17.9. The summed E-state index contributed by atoms with van der Waals surface area (Å²) in [7, 11) is 1.32. The van der Waals surface area contributed by atoms with Crippen molar-refractivity contribution in [1.82, 2.24) is 0 Å². The van der Waals surface area contributed by atoms with E-state index in [1.165, 1.54) is 7.11 Å². The van der Waals surface area contributed by atoms with Gasteiger partial charge in [-0.1, -0.05) is 11.6 Å². The zero-order valence-corrected chi connectivity index (χ0v) is 12.4. The summed E-state index contributed by atoms with van der Waals surface area (Å²) in [6, 6.07) is 3.19. The average Bonchev–Trinajstić information content (AvgIpc) is 2.38. The molecular formula is C14H19ClN2O3. The van der Waals surface area contributed by atoms with Crippen molar-refractivity contribution in [2.24, 2.45) is 0 Å². The van der Waals surface area contributed by atoms with Crippen molar-refractivity contribution in [3.63, 3.8) is 0 Å². The molecule has 110 valence electrons. The Morgan fingerprint density at radius 1 is 1.45 bits per heavy atom. The minimum atomic E-state index is -0.664. The molecule has 0 spiro atoms. The molecule has 1 saturated heterocycles. The first-order chi connectivity index (χ1) is 9.34. The molecule has 1 fully saturated rings. The quantitative estimate of drug-likeness (QED) is 0.645. The van der Waals surface area contributed by atoms with E-state index >= 15 is 0 Å². The summed E-state index contributed by atoms with van der Waals surface area (Å²) in [5, 5.41) is 10.4. The van der Waals surface area contributed by atoms with Crippen molar-refractivity contribution >= 4 is 28.9 Å². The molecule has 1 aliphatic heterocycles. The van der Waals surface area contributed by atoms with Crippen LogP contribution in [-0.4, -0.2) is 36.9 Å². The zero-order chi connectivity index (χ0) is 14.9. The van der Waals surface area contributed by atoms with E-state index in [1.807, 2.05) is 11.8 Å². The Balaban J connectivity index is 2.38. The van der Waals surface area contributed by atoms with E-state index in [-0.39, 0.29) is 0 Å². The van der Waals surface area contributed by atoms with Gasteiger partial charge in [0.15, 0.2) is 0 Å². The van der Waals surface area contributed by atoms with Crippen LogP contribution in [0.4, 0.5) is 11.4 Å². The van der Waals surface area contributed by atoms with Crippen molar-refractivity contribution in [2.45, 2.75) is 25.4 Å². The third kappa shape index (κ3) is 2.99. The molecule has 0 bridgehead atoms. The van der Waals surface area contributed by atoms with Crippen LogP contribution in [0.15, 0.2) is 12.1 Å². The largest absolute Gasteiger partial charge is 0.465 e. The number of methoxy groups -OCH3 is 1. The second kappa shape index (κ2) is 5.50. The number of nitrogen functional groups attached to an aromatic ring is 1. The lowest BCUT2D eigenvalue weighted by molar-refractivity contribution is 0.0351. The smallest absolute Gasteiger partial charge is 0.340 e. The molecule has 2 rings (SSSR count). The Labute approximate surface area is 123 Å². The van der Waals surface area contributed by atoms with Crippen LogP contribution < -0.4 is 10.6 Å². The molecule has 3 N–H and O–H groups in total. The third-order valence-electron chi connectivity index (χ3n) is 3.65. The van der Waals surface area contributed by atoms with Crippen LogP contribution in [0.1, 0.15) is 30.1 Å². The van der Waals surface area contributed by atoms with Gasteiger partial charge >= 0.3 is 5.97 Å². The van der Waals surface area contributed by atoms with Gasteiger partial charge < -0.3 is 20.5 Å². The first-order valence-electron chi connectivity index (χ1n) is 6.49. The Morgan fingerprint density at radius 3 is 2.60 bits per heavy atom. The Hall–Kier alpha value is -1.46. The van der Waals surface area contributed by atoms with Gasteiger partial charge in [-0.05, 0) is 31.9 Å². The summed E-state index contributed by atoms with van der Waals surface area (Å²) >= 11 is 6.25. The number of aliphatic hydroxyl groups is 1. The SMILES string of the molecule is COC(=O)c1cc(N)cc(Cl)c1N1CCC(C)(O)CC1. The maximum Gasteiger partial charge on any atom is 0.340 e. The first kappa shape index (κ1) is 14.9. The molecule has 1 heterocycles. The number of hydrogen-bond acceptors (Lipinski definition) is 5. The lowest BCUT2D eigenvalue weighted by Gasteiger charge is -2.38. The van der Waals surface area contributed by atoms with E-state index in [9.17, 15) is 9.90 Å². The van der Waals surface area contributed by atoms with Gasteiger partial charge in [-0.3, -0.25) is 0 Å². The summed E-state index contributed by atoms with van der Waals surface area (Å²) in [6.45, 7) is 3.07. The lowest BCUT2D eigenvalue weighted by atomic mass is 9.93. The van der Waals surface area contributed by atoms with Gasteiger partial charge in [0.1, 0.15) is 0 Å². The molecule has 1 aromatic carbocycles. The van der Waals surface area contributed by atoms with Crippen molar-refractivity contribution in [3.8, 4) is 0 Å². The van der Waals surface area contributed by atoms with Gasteiger partial charge in [-0.15, -0.1) is 0 Å². The van der Waals surface area contributed by atoms with E-state index in [4.69, 9.17) is 22.1 Å². The minimum absolute atomic E-state index is 0.360. The molecule has 0 aromatic heterocycles. The molecule has 0 amide bonds. The molecule has 1 aliphatic rings. The summed E-state index contributed by atoms with van der Waals surface area (Å²) in [6.07, 6.45) is 1.24. The Bertz CT molecular complexity index is 521. The van der Waals surface area contributed by atoms with E-state index < -0.39 is 11.6 Å². The molecule has 5 nitrogen and oxygen atoms in total. The molecule has 0 unspecified atom stereocenters. The van der Waals surface area contributed by atoms with Gasteiger partial charge in [0.05, 0.1) is 29.0 Å². The predicted octanol–water partition coefficient (Wildman–Crippen LogP) is 2.06. The number of piperidine rings is 1. The molecule has 20 heavy (non-hydrogen) atoms. The van der Waals surface area contributed by atoms with Crippen LogP contribution in [-0.2, 0) is 4.74 Å². The summed E-state index contributed by atoms with van der Waals surface area (Å²) in [4.78, 5) is 13.9. The van der Waals surface area contributed by atoms with Crippen molar-refractivity contribution < 1.29 is 14.6 Å². The highest BCUT2D eigenvalue weighted by atomic mass is 35.5. The summed E-state index contributed by atoms with van der Waals surface area (Å²) in [5.41, 5.74) is 6.49. The topological polar surface area (TPSA) is 75.8 Å². The number of hydrogen-bond donors (Lipinski definition) is 2. The highest BCUT2D eigenvalue weighted by molar-refractivity contribution is 6.34. The van der Waals surface area contributed by atoms with E-state index in [0.717, 1.165) is 0 Å². The zero-order valence-electron chi connectivity index (χ0n) is 11.6. The van der Waals surface area contributed by atoms with Gasteiger partial charge in [0.2, 0.25) is 0 Å². The molecule has 0 saturated carbocycles. The third-order valence-corrected chi connectivity index (χ3v) is 3.94. The van der Waals surface area contributed by atoms with Crippen molar-refractivity contribution in [1.29, 1.82) is 0 Å². The standard InChI is InChI=1S/C14H19ClN2O3/c1-14(19)3-5-17(6-4-14)12-10(13(18)20-2)7-9(16)8-11(12)15/h7-8,19H,3-6,16H2,1-2H3. The molecule has 0 atom stereocenters. The number of ether oxygens (including phenoxy) is 1. The molecular weight excluding hydrogens is 280 g/mol. The van der Waals surface area contributed by atoms with E-state index in [0.29, 0.717) is 47.9 Å². The van der Waals surface area contributed by atoms with Crippen LogP contribution in [0.3, 0.4) is 0 Å². The average molecular weight is 299 g/mol. The minimum Gasteiger partial charge on any atom is -0.465 e. The van der Waals surface area contributed by atoms with Crippen LogP contribution in [0, 0.1) is 0 Å². The number of nitrogens with two attached hydrogens (primary N) is 1. The number of anilines is 2. The van der Waals surface area contributed by atoms with Crippen LogP contribution in [0.5, 0.6) is 0 Å².